The molecule has 0 spiro atoms. The Labute approximate surface area is 173 Å². The van der Waals surface area contributed by atoms with Gasteiger partial charge in [-0.2, -0.15) is 0 Å². The number of ketones is 1. The molecule has 29 heavy (non-hydrogen) atoms. The van der Waals surface area contributed by atoms with Gasteiger partial charge in [-0.05, 0) is 37.0 Å². The summed E-state index contributed by atoms with van der Waals surface area (Å²) in [5, 5.41) is 2.93. The first-order chi connectivity index (χ1) is 14.0. The maximum atomic E-state index is 12.5. The van der Waals surface area contributed by atoms with Gasteiger partial charge in [-0.25, -0.2) is 0 Å². The Balaban J connectivity index is 1.45. The van der Waals surface area contributed by atoms with Gasteiger partial charge in [-0.15, -0.1) is 0 Å². The molecule has 2 aromatic rings. The zero-order valence-corrected chi connectivity index (χ0v) is 17.4. The van der Waals surface area contributed by atoms with Crippen LogP contribution in [0.3, 0.4) is 0 Å². The molecule has 1 atom stereocenters. The van der Waals surface area contributed by atoms with Crippen LogP contribution in [0.15, 0.2) is 54.6 Å². The van der Waals surface area contributed by atoms with Crippen LogP contribution in [0.5, 0.6) is 0 Å². The fourth-order valence-corrected chi connectivity index (χ4v) is 3.72. The summed E-state index contributed by atoms with van der Waals surface area (Å²) < 4.78 is 0. The predicted octanol–water partition coefficient (Wildman–Crippen LogP) is 2.43. The van der Waals surface area contributed by atoms with Crippen LogP contribution in [0.4, 0.5) is 0 Å². The molecule has 1 aliphatic heterocycles. The summed E-state index contributed by atoms with van der Waals surface area (Å²) in [6.45, 7) is 8.61. The Bertz CT molecular complexity index is 814. The zero-order valence-electron chi connectivity index (χ0n) is 17.4. The molecule has 3 rings (SSSR count). The van der Waals surface area contributed by atoms with Crippen molar-refractivity contribution in [2.75, 3.05) is 32.7 Å². The first-order valence-electron chi connectivity index (χ1n) is 10.3. The van der Waals surface area contributed by atoms with Crippen LogP contribution in [-0.2, 0) is 22.6 Å². The third kappa shape index (κ3) is 6.51. The molecule has 0 aliphatic carbocycles. The number of hydrogen-bond acceptors (Lipinski definition) is 4. The minimum atomic E-state index is -0.466. The number of amides is 1. The van der Waals surface area contributed by atoms with Gasteiger partial charge >= 0.3 is 0 Å². The summed E-state index contributed by atoms with van der Waals surface area (Å²) >= 11 is 0. The fourth-order valence-electron chi connectivity index (χ4n) is 3.72. The van der Waals surface area contributed by atoms with E-state index in [1.165, 1.54) is 18.1 Å². The summed E-state index contributed by atoms with van der Waals surface area (Å²) in [4.78, 5) is 29.1. The lowest BCUT2D eigenvalue weighted by molar-refractivity contribution is -0.127. The number of nitrogens with zero attached hydrogens (tertiary/aromatic N) is 2. The third-order valence-corrected chi connectivity index (χ3v) is 5.60. The van der Waals surface area contributed by atoms with Gasteiger partial charge in [0.1, 0.15) is 0 Å². The molecule has 0 bridgehead atoms. The summed E-state index contributed by atoms with van der Waals surface area (Å²) in [6, 6.07) is 17.8. The van der Waals surface area contributed by atoms with Crippen molar-refractivity contribution < 1.29 is 9.59 Å². The number of hydrogen-bond donors (Lipinski definition) is 1. The number of carbonyl (C=O) groups is 2. The molecule has 1 heterocycles. The highest BCUT2D eigenvalue weighted by Gasteiger charge is 2.22. The summed E-state index contributed by atoms with van der Waals surface area (Å²) in [5.74, 6) is -0.0845. The lowest BCUT2D eigenvalue weighted by atomic mass is 10.0. The molecule has 5 heteroatoms. The fraction of sp³-hybridized carbons (Fsp3) is 0.417. The van der Waals surface area contributed by atoms with Gasteiger partial charge in [0, 0.05) is 32.7 Å². The predicted molar refractivity (Wildman–Crippen MR) is 116 cm³/mol. The zero-order chi connectivity index (χ0) is 20.6. The Kier molecular flexibility index (Phi) is 7.55. The first-order valence-corrected chi connectivity index (χ1v) is 10.3. The number of piperazine rings is 1. The minimum absolute atomic E-state index is 0.00902. The van der Waals surface area contributed by atoms with Gasteiger partial charge in [-0.1, -0.05) is 54.6 Å². The molecule has 5 nitrogen and oxygen atoms in total. The summed E-state index contributed by atoms with van der Waals surface area (Å²) in [6.07, 6.45) is 0.534. The van der Waals surface area contributed by atoms with Gasteiger partial charge in [0.25, 0.3) is 0 Å². The van der Waals surface area contributed by atoms with E-state index in [1.807, 2.05) is 30.3 Å². The van der Waals surface area contributed by atoms with E-state index in [4.69, 9.17) is 0 Å². The molecule has 1 N–H and O–H groups in total. The molecule has 0 radical (unpaired) electrons. The van der Waals surface area contributed by atoms with E-state index < -0.39 is 6.04 Å². The quantitative estimate of drug-likeness (QED) is 0.748. The van der Waals surface area contributed by atoms with E-state index in [0.29, 0.717) is 13.0 Å². The van der Waals surface area contributed by atoms with Crippen LogP contribution in [0, 0.1) is 6.92 Å². The second-order valence-corrected chi connectivity index (χ2v) is 7.90. The van der Waals surface area contributed by atoms with Crippen LogP contribution in [-0.4, -0.2) is 60.3 Å². The number of rotatable bonds is 8. The van der Waals surface area contributed by atoms with Crippen molar-refractivity contribution in [3.8, 4) is 0 Å². The molecule has 1 fully saturated rings. The molecule has 1 amide bonds. The third-order valence-electron chi connectivity index (χ3n) is 5.60. The Morgan fingerprint density at radius 3 is 2.21 bits per heavy atom. The van der Waals surface area contributed by atoms with Gasteiger partial charge in [-0.3, -0.25) is 19.4 Å². The second kappa shape index (κ2) is 10.3. The molecule has 0 saturated carbocycles. The monoisotopic (exact) mass is 393 g/mol. The molecular weight excluding hydrogens is 362 g/mol. The van der Waals surface area contributed by atoms with Crippen molar-refractivity contribution in [2.45, 2.75) is 32.9 Å². The van der Waals surface area contributed by atoms with E-state index in [9.17, 15) is 9.59 Å². The van der Waals surface area contributed by atoms with E-state index >= 15 is 0 Å². The van der Waals surface area contributed by atoms with Crippen molar-refractivity contribution >= 4 is 11.7 Å². The number of carbonyl (C=O) groups excluding carboxylic acids is 2. The van der Waals surface area contributed by atoms with Crippen molar-refractivity contribution in [3.63, 3.8) is 0 Å². The number of benzene rings is 2. The Morgan fingerprint density at radius 2 is 1.55 bits per heavy atom. The largest absolute Gasteiger partial charge is 0.345 e. The summed E-state index contributed by atoms with van der Waals surface area (Å²) in [7, 11) is 0. The molecule has 154 valence electrons. The topological polar surface area (TPSA) is 52.7 Å². The first kappa shape index (κ1) is 21.2. The average molecular weight is 394 g/mol. The molecular formula is C24H31N3O2. The SMILES string of the molecule is CC(=O)[C@H](Cc1ccccc1)NC(=O)CN1CCN(Cc2ccccc2C)CC1. The van der Waals surface area contributed by atoms with Crippen molar-refractivity contribution in [3.05, 3.63) is 71.3 Å². The van der Waals surface area contributed by atoms with Crippen LogP contribution in [0.1, 0.15) is 23.6 Å². The van der Waals surface area contributed by atoms with Gasteiger partial charge in [0.2, 0.25) is 5.91 Å². The average Bonchev–Trinajstić information content (AvgIpc) is 2.71. The lowest BCUT2D eigenvalue weighted by Crippen LogP contribution is -2.51. The number of Topliss-reactive ketones (excluding diaryl/α,β-unsaturated/α-hetero) is 1. The van der Waals surface area contributed by atoms with Crippen LogP contribution >= 0.6 is 0 Å². The molecule has 1 saturated heterocycles. The smallest absolute Gasteiger partial charge is 0.234 e. The van der Waals surface area contributed by atoms with E-state index in [1.54, 1.807) is 0 Å². The highest BCUT2D eigenvalue weighted by Crippen LogP contribution is 2.12. The highest BCUT2D eigenvalue weighted by atomic mass is 16.2. The van der Waals surface area contributed by atoms with Gasteiger partial charge in [0.15, 0.2) is 5.78 Å². The Morgan fingerprint density at radius 1 is 0.931 bits per heavy atom. The maximum Gasteiger partial charge on any atom is 0.234 e. The van der Waals surface area contributed by atoms with Crippen LogP contribution < -0.4 is 5.32 Å². The standard InChI is InChI=1S/C24H31N3O2/c1-19-8-6-7-11-22(19)17-26-12-14-27(15-13-26)18-24(29)25-23(20(2)28)16-21-9-4-3-5-10-21/h3-11,23H,12-18H2,1-2H3,(H,25,29)/t23-/m0/s1. The molecule has 0 unspecified atom stereocenters. The molecule has 1 aliphatic rings. The van der Waals surface area contributed by atoms with Crippen LogP contribution in [0.25, 0.3) is 0 Å². The highest BCUT2D eigenvalue weighted by molar-refractivity contribution is 5.88. The Hall–Kier alpha value is -2.50. The minimum Gasteiger partial charge on any atom is -0.345 e. The van der Waals surface area contributed by atoms with Crippen molar-refractivity contribution in [1.29, 1.82) is 0 Å². The van der Waals surface area contributed by atoms with Crippen LogP contribution in [0.2, 0.25) is 0 Å². The lowest BCUT2D eigenvalue weighted by Gasteiger charge is -2.34. The van der Waals surface area contributed by atoms with Crippen molar-refractivity contribution in [1.82, 2.24) is 15.1 Å². The summed E-state index contributed by atoms with van der Waals surface area (Å²) in [5.41, 5.74) is 3.74. The van der Waals surface area contributed by atoms with E-state index in [2.05, 4.69) is 46.3 Å². The van der Waals surface area contributed by atoms with Gasteiger partial charge in [0.05, 0.1) is 12.6 Å². The van der Waals surface area contributed by atoms with E-state index in [-0.39, 0.29) is 11.7 Å². The second-order valence-electron chi connectivity index (χ2n) is 7.90. The normalized spacial score (nSPS) is 16.3. The van der Waals surface area contributed by atoms with Crippen molar-refractivity contribution in [2.24, 2.45) is 0 Å². The maximum absolute atomic E-state index is 12.5. The molecule has 0 aromatic heterocycles. The number of nitrogens with one attached hydrogen (secondary N) is 1. The van der Waals surface area contributed by atoms with Gasteiger partial charge < -0.3 is 5.32 Å². The van der Waals surface area contributed by atoms with E-state index in [0.717, 1.165) is 38.3 Å². The molecule has 2 aromatic carbocycles. The number of aryl methyl sites for hydroxylation is 1.